The molecule has 0 saturated carbocycles. The molecule has 2 nitrogen and oxygen atoms in total. The maximum Gasteiger partial charge on any atom is 0.433 e. The van der Waals surface area contributed by atoms with Crippen molar-refractivity contribution in [2.45, 2.75) is 6.18 Å². The number of carbonyl (C=O) groups excluding carboxylic acids is 1. The summed E-state index contributed by atoms with van der Waals surface area (Å²) in [5.74, 6) is 0. The van der Waals surface area contributed by atoms with E-state index in [2.05, 4.69) is 4.98 Å². The molecule has 18 heavy (non-hydrogen) atoms. The summed E-state index contributed by atoms with van der Waals surface area (Å²) in [6.45, 7) is 0. The third kappa shape index (κ3) is 2.40. The molecule has 0 aliphatic rings. The zero-order valence-electron chi connectivity index (χ0n) is 9.11. The first-order valence-corrected chi connectivity index (χ1v) is 5.10. The van der Waals surface area contributed by atoms with Gasteiger partial charge in [0.2, 0.25) is 0 Å². The number of alkyl halides is 3. The van der Waals surface area contributed by atoms with E-state index in [1.165, 1.54) is 6.07 Å². The van der Waals surface area contributed by atoms with E-state index in [0.717, 1.165) is 6.20 Å². The van der Waals surface area contributed by atoms with Gasteiger partial charge in [0, 0.05) is 17.3 Å². The lowest BCUT2D eigenvalue weighted by Crippen LogP contribution is -2.10. The number of carbonyl (C=O) groups is 1. The average molecular weight is 251 g/mol. The van der Waals surface area contributed by atoms with Crippen molar-refractivity contribution in [2.75, 3.05) is 0 Å². The highest BCUT2D eigenvalue weighted by Gasteiger charge is 2.35. The minimum Gasteiger partial charge on any atom is -0.298 e. The second-order valence-electron chi connectivity index (χ2n) is 3.65. The topological polar surface area (TPSA) is 30.0 Å². The minimum atomic E-state index is -4.55. The number of nitrogens with zero attached hydrogens (tertiary/aromatic N) is 1. The molecule has 5 heteroatoms. The van der Waals surface area contributed by atoms with E-state index < -0.39 is 11.9 Å². The van der Waals surface area contributed by atoms with Gasteiger partial charge in [0.1, 0.15) is 0 Å². The standard InChI is InChI=1S/C13H8F3NO/c14-13(15,16)12-11(6-9(8-18)7-17-12)10-4-2-1-3-5-10/h1-8H. The largest absolute Gasteiger partial charge is 0.433 e. The predicted molar refractivity (Wildman–Crippen MR) is 60.1 cm³/mol. The summed E-state index contributed by atoms with van der Waals surface area (Å²) in [5.41, 5.74) is -0.588. The van der Waals surface area contributed by atoms with Crippen molar-refractivity contribution >= 4 is 6.29 Å². The third-order valence-electron chi connectivity index (χ3n) is 2.40. The fourth-order valence-electron chi connectivity index (χ4n) is 1.61. The Labute approximate surface area is 101 Å². The molecule has 1 aromatic heterocycles. The van der Waals surface area contributed by atoms with Gasteiger partial charge in [-0.15, -0.1) is 0 Å². The van der Waals surface area contributed by atoms with E-state index in [9.17, 15) is 18.0 Å². The first kappa shape index (κ1) is 12.3. The monoisotopic (exact) mass is 251 g/mol. The molecule has 0 radical (unpaired) electrons. The smallest absolute Gasteiger partial charge is 0.298 e. The van der Waals surface area contributed by atoms with Crippen LogP contribution in [0.1, 0.15) is 16.1 Å². The molecule has 0 amide bonds. The summed E-state index contributed by atoms with van der Waals surface area (Å²) < 4.78 is 38.5. The van der Waals surface area contributed by atoms with Crippen LogP contribution in [0.4, 0.5) is 13.2 Å². The van der Waals surface area contributed by atoms with Crippen LogP contribution in [0.2, 0.25) is 0 Å². The summed E-state index contributed by atoms with van der Waals surface area (Å²) in [6.07, 6.45) is -3.16. The van der Waals surface area contributed by atoms with Gasteiger partial charge in [-0.3, -0.25) is 9.78 Å². The molecule has 0 aliphatic carbocycles. The van der Waals surface area contributed by atoms with E-state index in [1.807, 2.05) is 0 Å². The van der Waals surface area contributed by atoms with Crippen molar-refractivity contribution in [3.8, 4) is 11.1 Å². The average Bonchev–Trinajstić information content (AvgIpc) is 2.38. The molecule has 0 spiro atoms. The third-order valence-corrected chi connectivity index (χ3v) is 2.40. The zero-order valence-corrected chi connectivity index (χ0v) is 9.11. The van der Waals surface area contributed by atoms with Gasteiger partial charge in [-0.05, 0) is 11.6 Å². The van der Waals surface area contributed by atoms with Gasteiger partial charge in [0.25, 0.3) is 0 Å². The van der Waals surface area contributed by atoms with Crippen molar-refractivity contribution in [3.63, 3.8) is 0 Å². The Balaban J connectivity index is 2.66. The second kappa shape index (κ2) is 4.60. The van der Waals surface area contributed by atoms with Crippen LogP contribution in [-0.2, 0) is 6.18 Å². The molecular weight excluding hydrogens is 243 g/mol. The molecule has 0 atom stereocenters. The number of aromatic nitrogens is 1. The molecular formula is C13H8F3NO. The van der Waals surface area contributed by atoms with E-state index in [-0.39, 0.29) is 11.1 Å². The van der Waals surface area contributed by atoms with E-state index in [4.69, 9.17) is 0 Å². The molecule has 0 saturated heterocycles. The number of rotatable bonds is 2. The highest BCUT2D eigenvalue weighted by molar-refractivity contribution is 5.79. The predicted octanol–water partition coefficient (Wildman–Crippen LogP) is 3.58. The van der Waals surface area contributed by atoms with Crippen LogP contribution in [0.5, 0.6) is 0 Å². The highest BCUT2D eigenvalue weighted by Crippen LogP contribution is 2.35. The van der Waals surface area contributed by atoms with Crippen LogP contribution < -0.4 is 0 Å². The van der Waals surface area contributed by atoms with E-state index in [0.29, 0.717) is 11.8 Å². The van der Waals surface area contributed by atoms with Crippen molar-refractivity contribution in [1.29, 1.82) is 0 Å². The minimum absolute atomic E-state index is 0.0901. The van der Waals surface area contributed by atoms with Gasteiger partial charge in [0.15, 0.2) is 12.0 Å². The Hall–Kier alpha value is -2.17. The fraction of sp³-hybridized carbons (Fsp3) is 0.0769. The van der Waals surface area contributed by atoms with Crippen LogP contribution in [0, 0.1) is 0 Å². The van der Waals surface area contributed by atoms with Gasteiger partial charge < -0.3 is 0 Å². The van der Waals surface area contributed by atoms with Crippen LogP contribution in [0.25, 0.3) is 11.1 Å². The summed E-state index contributed by atoms with van der Waals surface area (Å²) in [7, 11) is 0. The highest BCUT2D eigenvalue weighted by atomic mass is 19.4. The Morgan fingerprint density at radius 1 is 1.11 bits per heavy atom. The first-order valence-electron chi connectivity index (χ1n) is 5.10. The van der Waals surface area contributed by atoms with E-state index in [1.54, 1.807) is 30.3 Å². The Kier molecular flexibility index (Phi) is 3.14. The number of hydrogen-bond acceptors (Lipinski definition) is 2. The normalized spacial score (nSPS) is 11.3. The lowest BCUT2D eigenvalue weighted by molar-refractivity contribution is -0.140. The van der Waals surface area contributed by atoms with E-state index >= 15 is 0 Å². The molecule has 0 fully saturated rings. The van der Waals surface area contributed by atoms with Gasteiger partial charge in [-0.25, -0.2) is 0 Å². The zero-order chi connectivity index (χ0) is 13.2. The van der Waals surface area contributed by atoms with Crippen LogP contribution in [-0.4, -0.2) is 11.3 Å². The quantitative estimate of drug-likeness (QED) is 0.763. The van der Waals surface area contributed by atoms with Gasteiger partial charge in [-0.1, -0.05) is 30.3 Å². The van der Waals surface area contributed by atoms with Crippen LogP contribution in [0.3, 0.4) is 0 Å². The molecule has 0 unspecified atom stereocenters. The summed E-state index contributed by atoms with van der Waals surface area (Å²) in [5, 5.41) is 0. The molecule has 92 valence electrons. The fourth-order valence-corrected chi connectivity index (χ4v) is 1.61. The lowest BCUT2D eigenvalue weighted by atomic mass is 10.0. The molecule has 2 aromatic rings. The number of benzene rings is 1. The lowest BCUT2D eigenvalue weighted by Gasteiger charge is -2.12. The second-order valence-corrected chi connectivity index (χ2v) is 3.65. The molecule has 1 heterocycles. The Bertz CT molecular complexity index is 564. The molecule has 0 N–H and O–H groups in total. The maximum atomic E-state index is 12.8. The first-order chi connectivity index (χ1) is 8.52. The Morgan fingerprint density at radius 3 is 2.33 bits per heavy atom. The van der Waals surface area contributed by atoms with Crippen molar-refractivity contribution in [2.24, 2.45) is 0 Å². The maximum absolute atomic E-state index is 12.8. The number of aldehydes is 1. The van der Waals surface area contributed by atoms with Gasteiger partial charge in [-0.2, -0.15) is 13.2 Å². The van der Waals surface area contributed by atoms with Crippen molar-refractivity contribution in [1.82, 2.24) is 4.98 Å². The molecule has 0 bridgehead atoms. The van der Waals surface area contributed by atoms with Gasteiger partial charge >= 0.3 is 6.18 Å². The summed E-state index contributed by atoms with van der Waals surface area (Å²) in [6, 6.07) is 9.24. The molecule has 2 rings (SSSR count). The molecule has 0 aliphatic heterocycles. The molecule has 1 aromatic carbocycles. The summed E-state index contributed by atoms with van der Waals surface area (Å²) in [4.78, 5) is 14.0. The van der Waals surface area contributed by atoms with Gasteiger partial charge in [0.05, 0.1) is 0 Å². The Morgan fingerprint density at radius 2 is 1.78 bits per heavy atom. The van der Waals surface area contributed by atoms with Crippen LogP contribution >= 0.6 is 0 Å². The van der Waals surface area contributed by atoms with Crippen LogP contribution in [0.15, 0.2) is 42.6 Å². The number of hydrogen-bond donors (Lipinski definition) is 0. The van der Waals surface area contributed by atoms with Crippen molar-refractivity contribution in [3.05, 3.63) is 53.9 Å². The van der Waals surface area contributed by atoms with Crippen molar-refractivity contribution < 1.29 is 18.0 Å². The summed E-state index contributed by atoms with van der Waals surface area (Å²) >= 11 is 0. The number of halogens is 3. The number of pyridine rings is 1. The SMILES string of the molecule is O=Cc1cnc(C(F)(F)F)c(-c2ccccc2)c1.